The first-order valence-electron chi connectivity index (χ1n) is 12.5. The van der Waals surface area contributed by atoms with Gasteiger partial charge in [0.25, 0.3) is 5.56 Å². The molecule has 1 aliphatic heterocycles. The molecule has 212 valence electrons. The molecule has 9 nitrogen and oxygen atoms in total. The van der Waals surface area contributed by atoms with E-state index in [1.807, 2.05) is 0 Å². The fourth-order valence-electron chi connectivity index (χ4n) is 4.57. The van der Waals surface area contributed by atoms with E-state index in [1.54, 1.807) is 0 Å². The van der Waals surface area contributed by atoms with Gasteiger partial charge in [0.05, 0.1) is 25.0 Å². The maximum Gasteiger partial charge on any atom is 0.387 e. The molecule has 2 atom stereocenters. The molecule has 1 amide bonds. The number of carboxylic acids is 1. The van der Waals surface area contributed by atoms with Crippen molar-refractivity contribution in [2.24, 2.45) is 0 Å². The number of nitrogens with zero attached hydrogens (tertiary/aromatic N) is 1. The number of ether oxygens (including phenoxy) is 3. The van der Waals surface area contributed by atoms with Crippen LogP contribution in [0, 0.1) is 0 Å². The molecule has 2 N–H and O–H groups in total. The van der Waals surface area contributed by atoms with Crippen molar-refractivity contribution >= 4 is 29.2 Å². The van der Waals surface area contributed by atoms with E-state index < -0.39 is 30.1 Å². The van der Waals surface area contributed by atoms with Gasteiger partial charge >= 0.3 is 12.6 Å². The van der Waals surface area contributed by atoms with Gasteiger partial charge in [-0.2, -0.15) is 8.78 Å². The number of pyridine rings is 1. The lowest BCUT2D eigenvalue weighted by Gasteiger charge is -2.28. The zero-order valence-corrected chi connectivity index (χ0v) is 22.2. The Morgan fingerprint density at radius 3 is 2.48 bits per heavy atom. The predicted octanol–water partition coefficient (Wildman–Crippen LogP) is 5.62. The van der Waals surface area contributed by atoms with E-state index in [-0.39, 0.29) is 45.7 Å². The van der Waals surface area contributed by atoms with Crippen LogP contribution < -0.4 is 20.3 Å². The topological polar surface area (TPSA) is 116 Å². The molecule has 40 heavy (non-hydrogen) atoms. The van der Waals surface area contributed by atoms with Gasteiger partial charge < -0.3 is 24.6 Å². The summed E-state index contributed by atoms with van der Waals surface area (Å²) < 4.78 is 43.3. The van der Waals surface area contributed by atoms with E-state index in [1.165, 1.54) is 66.4 Å². The minimum atomic E-state index is -3.11. The number of aromatic nitrogens is 1. The molecule has 0 spiro atoms. The van der Waals surface area contributed by atoms with Crippen LogP contribution in [0.5, 0.6) is 11.5 Å². The molecule has 4 rings (SSSR count). The summed E-state index contributed by atoms with van der Waals surface area (Å²) in [6, 6.07) is 9.77. The summed E-state index contributed by atoms with van der Waals surface area (Å²) >= 11 is 6.11. The molecule has 2 heterocycles. The molecular formula is C28H27ClF2N2O7. The Morgan fingerprint density at radius 2 is 1.85 bits per heavy atom. The molecule has 2 unspecified atom stereocenters. The quantitative estimate of drug-likeness (QED) is 0.322. The maximum atomic E-state index is 13.5. The molecule has 12 heteroatoms. The number of amides is 1. The van der Waals surface area contributed by atoms with Crippen LogP contribution in [0.2, 0.25) is 5.02 Å². The molecule has 0 bridgehead atoms. The zero-order valence-electron chi connectivity index (χ0n) is 21.4. The fraction of sp³-hybridized carbons (Fsp3) is 0.321. The Morgan fingerprint density at radius 1 is 1.12 bits per heavy atom. The third-order valence-corrected chi connectivity index (χ3v) is 6.74. The molecule has 1 saturated heterocycles. The lowest BCUT2D eigenvalue weighted by Crippen LogP contribution is -2.36. The number of anilines is 1. The number of carbonyl (C=O) groups excluding carboxylic acids is 1. The van der Waals surface area contributed by atoms with E-state index in [9.17, 15) is 23.2 Å². The first-order valence-corrected chi connectivity index (χ1v) is 12.8. The predicted molar refractivity (Wildman–Crippen MR) is 144 cm³/mol. The normalized spacial score (nSPS) is 15.9. The molecule has 1 aliphatic rings. The lowest BCUT2D eigenvalue weighted by atomic mass is 10.00. The van der Waals surface area contributed by atoms with Crippen molar-refractivity contribution in [3.8, 4) is 22.6 Å². The van der Waals surface area contributed by atoms with E-state index in [0.29, 0.717) is 18.7 Å². The minimum Gasteiger partial charge on any atom is -0.495 e. The zero-order chi connectivity index (χ0) is 28.8. The molecule has 3 aromatic rings. The van der Waals surface area contributed by atoms with Crippen molar-refractivity contribution in [2.75, 3.05) is 19.0 Å². The van der Waals surface area contributed by atoms with Gasteiger partial charge in [0.15, 0.2) is 0 Å². The summed E-state index contributed by atoms with van der Waals surface area (Å²) in [4.78, 5) is 38.2. The van der Waals surface area contributed by atoms with Crippen LogP contribution in [0.3, 0.4) is 0 Å². The monoisotopic (exact) mass is 576 g/mol. The number of methoxy groups -OCH3 is 1. The van der Waals surface area contributed by atoms with E-state index in [4.69, 9.17) is 26.2 Å². The van der Waals surface area contributed by atoms with Crippen molar-refractivity contribution in [3.63, 3.8) is 0 Å². The van der Waals surface area contributed by atoms with Gasteiger partial charge in [-0.15, -0.1) is 0 Å². The van der Waals surface area contributed by atoms with Gasteiger partial charge in [0.1, 0.15) is 17.5 Å². The summed E-state index contributed by atoms with van der Waals surface area (Å²) in [6.07, 6.45) is 3.75. The fourth-order valence-corrected chi connectivity index (χ4v) is 4.74. The van der Waals surface area contributed by atoms with Gasteiger partial charge in [0, 0.05) is 40.9 Å². The van der Waals surface area contributed by atoms with Crippen molar-refractivity contribution in [2.45, 2.75) is 44.4 Å². The number of hydrogen-bond acceptors (Lipinski definition) is 6. The van der Waals surface area contributed by atoms with Crippen LogP contribution >= 0.6 is 11.6 Å². The van der Waals surface area contributed by atoms with Crippen LogP contribution in [0.25, 0.3) is 11.1 Å². The Balaban J connectivity index is 1.74. The van der Waals surface area contributed by atoms with Crippen LogP contribution in [0.4, 0.5) is 14.5 Å². The Bertz CT molecular complexity index is 1420. The molecule has 2 aromatic carbocycles. The van der Waals surface area contributed by atoms with E-state index in [0.717, 1.165) is 12.8 Å². The molecule has 0 saturated carbocycles. The number of alkyl halides is 2. The molecule has 1 aromatic heterocycles. The largest absolute Gasteiger partial charge is 0.495 e. The highest BCUT2D eigenvalue weighted by Crippen LogP contribution is 2.38. The Labute approximate surface area is 233 Å². The number of carbonyl (C=O) groups is 2. The van der Waals surface area contributed by atoms with Crippen LogP contribution in [0.1, 0.15) is 42.1 Å². The van der Waals surface area contributed by atoms with Crippen LogP contribution in [0.15, 0.2) is 59.5 Å². The van der Waals surface area contributed by atoms with Crippen molar-refractivity contribution in [1.29, 1.82) is 0 Å². The lowest BCUT2D eigenvalue weighted by molar-refractivity contribution is -0.121. The number of hydrogen-bond donors (Lipinski definition) is 2. The van der Waals surface area contributed by atoms with Crippen LogP contribution in [-0.4, -0.2) is 48.0 Å². The third kappa shape index (κ3) is 6.97. The van der Waals surface area contributed by atoms with E-state index in [2.05, 4.69) is 10.1 Å². The first-order chi connectivity index (χ1) is 19.2. The summed E-state index contributed by atoms with van der Waals surface area (Å²) in [5.74, 6) is -1.72. The van der Waals surface area contributed by atoms with Crippen LogP contribution in [-0.2, 0) is 9.53 Å². The SMILES string of the molecule is COc1cn(C(CC2CCCCO2)C(=O)Nc2ccc(C(=O)O)cc2)c(=O)cc1-c1cc(Cl)ccc1OC(F)F. The summed E-state index contributed by atoms with van der Waals surface area (Å²) in [5.41, 5.74) is 0.0612. The summed E-state index contributed by atoms with van der Waals surface area (Å²) in [7, 11) is 1.34. The molecular weight excluding hydrogens is 550 g/mol. The smallest absolute Gasteiger partial charge is 0.387 e. The van der Waals surface area contributed by atoms with Gasteiger partial charge in [-0.1, -0.05) is 11.6 Å². The summed E-state index contributed by atoms with van der Waals surface area (Å²) in [6.45, 7) is -2.58. The second-order valence-corrected chi connectivity index (χ2v) is 9.57. The highest BCUT2D eigenvalue weighted by Gasteiger charge is 2.29. The number of halogens is 3. The van der Waals surface area contributed by atoms with Gasteiger partial charge in [-0.05, 0) is 61.7 Å². The second kappa shape index (κ2) is 12.9. The number of carboxylic acid groups (broad SMARTS) is 1. The highest BCUT2D eigenvalue weighted by atomic mass is 35.5. The number of nitrogens with one attached hydrogen (secondary N) is 1. The third-order valence-electron chi connectivity index (χ3n) is 6.51. The number of aromatic carboxylic acids is 1. The van der Waals surface area contributed by atoms with Gasteiger partial charge in [-0.3, -0.25) is 14.2 Å². The first kappa shape index (κ1) is 29.0. The van der Waals surface area contributed by atoms with Crippen molar-refractivity contribution in [1.82, 2.24) is 4.57 Å². The second-order valence-electron chi connectivity index (χ2n) is 9.13. The molecule has 1 fully saturated rings. The highest BCUT2D eigenvalue weighted by molar-refractivity contribution is 6.31. The van der Waals surface area contributed by atoms with Crippen molar-refractivity contribution in [3.05, 3.63) is 75.7 Å². The van der Waals surface area contributed by atoms with Gasteiger partial charge in [-0.25, -0.2) is 4.79 Å². The minimum absolute atomic E-state index is 0.0536. The standard InChI is InChI=1S/C28H27ClF2N2O7/c1-38-24-15-33(25(34)14-21(24)20-12-17(29)7-10-23(20)40-28(30)31)22(13-19-4-2-3-11-39-19)26(35)32-18-8-5-16(6-9-18)27(36)37/h5-10,12,14-15,19,22,28H,2-4,11,13H2,1H3,(H,32,35)(H,36,37). The van der Waals surface area contributed by atoms with Crippen molar-refractivity contribution < 1.29 is 37.7 Å². The average molecular weight is 577 g/mol. The average Bonchev–Trinajstić information content (AvgIpc) is 2.93. The summed E-state index contributed by atoms with van der Waals surface area (Å²) in [5, 5.41) is 12.1. The Kier molecular flexibility index (Phi) is 9.38. The Hall–Kier alpha value is -3.96. The van der Waals surface area contributed by atoms with Gasteiger partial charge in [0.2, 0.25) is 5.91 Å². The van der Waals surface area contributed by atoms with E-state index >= 15 is 0 Å². The maximum absolute atomic E-state index is 13.5. The molecule has 0 radical (unpaired) electrons. The molecule has 0 aliphatic carbocycles. The number of benzene rings is 2. The number of rotatable bonds is 10.